The Balaban J connectivity index is 2.13. The first kappa shape index (κ1) is 21.7. The molecule has 1 heterocycles. The summed E-state index contributed by atoms with van der Waals surface area (Å²) in [5, 5.41) is 12.0. The standard InChI is InChI=1S/C21H18Cl3NO4/c1-29-10-2-9-25-18(12-3-6-14(22)7-4-12)17(20(27)21(25)28)19(26)13-5-8-15(23)16(24)11-13/h3-8,11,18,26H,2,9-10H2,1H3/b19-17-. The summed E-state index contributed by atoms with van der Waals surface area (Å²) < 4.78 is 5.06. The predicted molar refractivity (Wildman–Crippen MR) is 113 cm³/mol. The number of ether oxygens (including phenoxy) is 1. The highest BCUT2D eigenvalue weighted by Gasteiger charge is 2.45. The molecule has 29 heavy (non-hydrogen) atoms. The molecule has 2 aromatic carbocycles. The molecule has 1 unspecified atom stereocenters. The molecule has 5 nitrogen and oxygen atoms in total. The van der Waals surface area contributed by atoms with Crippen molar-refractivity contribution in [2.75, 3.05) is 20.3 Å². The van der Waals surface area contributed by atoms with Crippen LogP contribution in [0.1, 0.15) is 23.6 Å². The lowest BCUT2D eigenvalue weighted by molar-refractivity contribution is -0.140. The Morgan fingerprint density at radius 1 is 1.07 bits per heavy atom. The number of nitrogens with zero attached hydrogens (tertiary/aromatic N) is 1. The maximum atomic E-state index is 12.8. The van der Waals surface area contributed by atoms with E-state index >= 15 is 0 Å². The lowest BCUT2D eigenvalue weighted by Gasteiger charge is -2.25. The molecule has 1 saturated heterocycles. The highest BCUT2D eigenvalue weighted by molar-refractivity contribution is 6.47. The average molecular weight is 455 g/mol. The number of hydrogen-bond acceptors (Lipinski definition) is 4. The molecule has 1 N–H and O–H groups in total. The number of Topliss-reactive ketones (excluding diaryl/α,β-unsaturated/α-hetero) is 1. The van der Waals surface area contributed by atoms with E-state index in [1.807, 2.05) is 0 Å². The first-order chi connectivity index (χ1) is 13.8. The summed E-state index contributed by atoms with van der Waals surface area (Å²) in [6.07, 6.45) is 0.542. The van der Waals surface area contributed by atoms with Gasteiger partial charge in [0.05, 0.1) is 21.7 Å². The largest absolute Gasteiger partial charge is 0.507 e. The first-order valence-corrected chi connectivity index (χ1v) is 9.96. The number of amides is 1. The van der Waals surface area contributed by atoms with E-state index in [1.54, 1.807) is 37.4 Å². The summed E-state index contributed by atoms with van der Waals surface area (Å²) in [7, 11) is 1.56. The Morgan fingerprint density at radius 2 is 1.76 bits per heavy atom. The maximum absolute atomic E-state index is 12.8. The molecule has 0 radical (unpaired) electrons. The predicted octanol–water partition coefficient (Wildman–Crippen LogP) is 5.11. The summed E-state index contributed by atoms with van der Waals surface area (Å²) in [5.74, 6) is -1.75. The summed E-state index contributed by atoms with van der Waals surface area (Å²) in [4.78, 5) is 27.0. The third kappa shape index (κ3) is 4.43. The molecule has 0 aliphatic carbocycles. The first-order valence-electron chi connectivity index (χ1n) is 8.83. The monoisotopic (exact) mass is 453 g/mol. The molecule has 2 aromatic rings. The molecule has 1 atom stereocenters. The fourth-order valence-electron chi connectivity index (χ4n) is 3.28. The van der Waals surface area contributed by atoms with Crippen LogP contribution in [-0.4, -0.2) is 42.0 Å². The number of carbonyl (C=O) groups excluding carboxylic acids is 2. The van der Waals surface area contributed by atoms with Gasteiger partial charge in [0.15, 0.2) is 0 Å². The van der Waals surface area contributed by atoms with Crippen molar-refractivity contribution in [3.05, 3.63) is 74.2 Å². The summed E-state index contributed by atoms with van der Waals surface area (Å²) in [6, 6.07) is 10.6. The van der Waals surface area contributed by atoms with Gasteiger partial charge in [-0.2, -0.15) is 0 Å². The van der Waals surface area contributed by atoms with Crippen molar-refractivity contribution >= 4 is 52.3 Å². The van der Waals surface area contributed by atoms with Crippen molar-refractivity contribution in [1.82, 2.24) is 4.90 Å². The van der Waals surface area contributed by atoms with Crippen LogP contribution in [0.2, 0.25) is 15.1 Å². The Hall–Kier alpha value is -2.05. The van der Waals surface area contributed by atoms with Gasteiger partial charge < -0.3 is 14.7 Å². The minimum Gasteiger partial charge on any atom is -0.507 e. The topological polar surface area (TPSA) is 66.8 Å². The van der Waals surface area contributed by atoms with E-state index in [2.05, 4.69) is 0 Å². The third-order valence-electron chi connectivity index (χ3n) is 4.67. The SMILES string of the molecule is COCCCN1C(=O)C(=O)/C(=C(\O)c2ccc(Cl)c(Cl)c2)C1c1ccc(Cl)cc1. The van der Waals surface area contributed by atoms with E-state index in [4.69, 9.17) is 39.5 Å². The van der Waals surface area contributed by atoms with Gasteiger partial charge in [0.1, 0.15) is 5.76 Å². The van der Waals surface area contributed by atoms with Crippen LogP contribution >= 0.6 is 34.8 Å². The van der Waals surface area contributed by atoms with Crippen LogP contribution in [-0.2, 0) is 14.3 Å². The van der Waals surface area contributed by atoms with Crippen molar-refractivity contribution in [2.45, 2.75) is 12.5 Å². The Labute approximate surface area is 183 Å². The van der Waals surface area contributed by atoms with Crippen molar-refractivity contribution < 1.29 is 19.4 Å². The minimum absolute atomic E-state index is 0.00636. The minimum atomic E-state index is -0.758. The molecule has 152 valence electrons. The molecule has 0 bridgehead atoms. The summed E-state index contributed by atoms with van der Waals surface area (Å²) >= 11 is 18.0. The number of likely N-dealkylation sites (tertiary alicyclic amines) is 1. The number of hydrogen-bond donors (Lipinski definition) is 1. The number of aliphatic hydroxyl groups excluding tert-OH is 1. The van der Waals surface area contributed by atoms with Crippen LogP contribution in [0, 0.1) is 0 Å². The van der Waals surface area contributed by atoms with Crippen molar-refractivity contribution in [1.29, 1.82) is 0 Å². The van der Waals surface area contributed by atoms with Gasteiger partial charge in [0, 0.05) is 30.8 Å². The van der Waals surface area contributed by atoms with Gasteiger partial charge in [-0.25, -0.2) is 0 Å². The van der Waals surface area contributed by atoms with E-state index in [0.29, 0.717) is 40.7 Å². The summed E-state index contributed by atoms with van der Waals surface area (Å²) in [6.45, 7) is 0.729. The van der Waals surface area contributed by atoms with Crippen LogP contribution in [0.25, 0.3) is 5.76 Å². The fourth-order valence-corrected chi connectivity index (χ4v) is 3.70. The summed E-state index contributed by atoms with van der Waals surface area (Å²) in [5.41, 5.74) is 0.953. The second kappa shape index (κ2) is 9.18. The Kier molecular flexibility index (Phi) is 6.85. The number of carbonyl (C=O) groups is 2. The number of ketones is 1. The van der Waals surface area contributed by atoms with Gasteiger partial charge in [-0.05, 0) is 42.3 Å². The van der Waals surface area contributed by atoms with E-state index in [-0.39, 0.29) is 16.4 Å². The third-order valence-corrected chi connectivity index (χ3v) is 5.66. The Morgan fingerprint density at radius 3 is 2.38 bits per heavy atom. The number of aliphatic hydroxyl groups is 1. The lowest BCUT2D eigenvalue weighted by atomic mass is 9.95. The lowest BCUT2D eigenvalue weighted by Crippen LogP contribution is -2.31. The van der Waals surface area contributed by atoms with E-state index in [1.165, 1.54) is 17.0 Å². The molecule has 0 aromatic heterocycles. The number of halogens is 3. The highest BCUT2D eigenvalue weighted by atomic mass is 35.5. The highest BCUT2D eigenvalue weighted by Crippen LogP contribution is 2.40. The molecule has 0 saturated carbocycles. The molecule has 1 aliphatic heterocycles. The van der Waals surface area contributed by atoms with Gasteiger partial charge >= 0.3 is 0 Å². The molecule has 3 rings (SSSR count). The normalized spacial score (nSPS) is 18.5. The molecule has 1 fully saturated rings. The van der Waals surface area contributed by atoms with Gasteiger partial charge in [-0.3, -0.25) is 9.59 Å². The number of rotatable bonds is 6. The second-order valence-electron chi connectivity index (χ2n) is 6.52. The molecular formula is C21H18Cl3NO4. The van der Waals surface area contributed by atoms with Crippen molar-refractivity contribution in [3.63, 3.8) is 0 Å². The van der Waals surface area contributed by atoms with E-state index in [9.17, 15) is 14.7 Å². The van der Waals surface area contributed by atoms with Crippen LogP contribution in [0.4, 0.5) is 0 Å². The van der Waals surface area contributed by atoms with Crippen LogP contribution in [0.5, 0.6) is 0 Å². The molecule has 1 amide bonds. The molecule has 0 spiro atoms. The van der Waals surface area contributed by atoms with Gasteiger partial charge in [-0.1, -0.05) is 46.9 Å². The van der Waals surface area contributed by atoms with Gasteiger partial charge in [0.25, 0.3) is 11.7 Å². The molecular weight excluding hydrogens is 437 g/mol. The van der Waals surface area contributed by atoms with E-state index < -0.39 is 17.7 Å². The number of benzene rings is 2. The van der Waals surface area contributed by atoms with Crippen LogP contribution < -0.4 is 0 Å². The zero-order valence-corrected chi connectivity index (χ0v) is 17.8. The Bertz CT molecular complexity index is 972. The zero-order chi connectivity index (χ0) is 21.1. The second-order valence-corrected chi connectivity index (χ2v) is 7.77. The zero-order valence-electron chi connectivity index (χ0n) is 15.5. The molecule has 8 heteroatoms. The quantitative estimate of drug-likeness (QED) is 0.285. The van der Waals surface area contributed by atoms with E-state index in [0.717, 1.165) is 0 Å². The van der Waals surface area contributed by atoms with Crippen molar-refractivity contribution in [3.8, 4) is 0 Å². The average Bonchev–Trinajstić information content (AvgIpc) is 2.95. The van der Waals surface area contributed by atoms with Gasteiger partial charge in [0.2, 0.25) is 0 Å². The molecule has 1 aliphatic rings. The van der Waals surface area contributed by atoms with Gasteiger partial charge in [-0.15, -0.1) is 0 Å². The van der Waals surface area contributed by atoms with Crippen molar-refractivity contribution in [2.24, 2.45) is 0 Å². The van der Waals surface area contributed by atoms with Crippen LogP contribution in [0.15, 0.2) is 48.0 Å². The van der Waals surface area contributed by atoms with Crippen LogP contribution in [0.3, 0.4) is 0 Å². The maximum Gasteiger partial charge on any atom is 0.295 e. The fraction of sp³-hybridized carbons (Fsp3) is 0.238. The smallest absolute Gasteiger partial charge is 0.295 e. The number of methoxy groups -OCH3 is 1.